The number of carbonyl (C=O) groups is 1. The molecule has 0 saturated heterocycles. The van der Waals surface area contributed by atoms with Crippen LogP contribution in [-0.4, -0.2) is 23.0 Å². The number of fused-ring (bicyclic) bond motifs is 1. The van der Waals surface area contributed by atoms with Crippen LogP contribution in [0, 0.1) is 5.92 Å². The molecule has 0 spiro atoms. The quantitative estimate of drug-likeness (QED) is 0.858. The van der Waals surface area contributed by atoms with E-state index in [4.69, 9.17) is 11.6 Å². The lowest BCUT2D eigenvalue weighted by molar-refractivity contribution is -0.121. The number of benzene rings is 1. The van der Waals surface area contributed by atoms with E-state index in [2.05, 4.69) is 16.0 Å². The number of aromatic nitrogens is 1. The first-order chi connectivity index (χ1) is 10.6. The van der Waals surface area contributed by atoms with Crippen LogP contribution < -0.4 is 0 Å². The van der Waals surface area contributed by atoms with Crippen molar-refractivity contribution in [3.05, 3.63) is 53.3 Å². The highest BCUT2D eigenvalue weighted by molar-refractivity contribution is 6.29. The second-order valence-electron chi connectivity index (χ2n) is 5.53. The van der Waals surface area contributed by atoms with Gasteiger partial charge in [-0.1, -0.05) is 41.9 Å². The Labute approximate surface area is 134 Å². The standard InChI is InChI=1S/C18H17ClN2O/c1-12(19)6-7-16-18(22)14(11-21-16)10-17-15-5-3-2-4-13(15)8-9-20-17/h2-6,8-9,11,14,16H,7,10H2,1H3/b12-6-. The van der Waals surface area contributed by atoms with Crippen molar-refractivity contribution in [1.82, 2.24) is 4.98 Å². The van der Waals surface area contributed by atoms with Gasteiger partial charge in [0.1, 0.15) is 6.04 Å². The molecule has 0 fully saturated rings. The first-order valence-electron chi connectivity index (χ1n) is 7.37. The molecule has 1 aliphatic heterocycles. The minimum absolute atomic E-state index is 0.156. The first-order valence-corrected chi connectivity index (χ1v) is 7.75. The maximum atomic E-state index is 12.4. The van der Waals surface area contributed by atoms with Crippen molar-refractivity contribution in [2.24, 2.45) is 10.9 Å². The molecule has 22 heavy (non-hydrogen) atoms. The summed E-state index contributed by atoms with van der Waals surface area (Å²) in [6.07, 6.45) is 6.59. The van der Waals surface area contributed by atoms with Gasteiger partial charge in [-0.05, 0) is 24.8 Å². The van der Waals surface area contributed by atoms with Crippen LogP contribution in [0.2, 0.25) is 0 Å². The lowest BCUT2D eigenvalue weighted by atomic mass is 9.94. The van der Waals surface area contributed by atoms with Crippen molar-refractivity contribution >= 4 is 34.4 Å². The van der Waals surface area contributed by atoms with E-state index in [-0.39, 0.29) is 17.7 Å². The van der Waals surface area contributed by atoms with Crippen LogP contribution in [0.3, 0.4) is 0 Å². The Hall–Kier alpha value is -2.00. The fourth-order valence-corrected chi connectivity index (χ4v) is 2.85. The van der Waals surface area contributed by atoms with Gasteiger partial charge >= 0.3 is 0 Å². The maximum absolute atomic E-state index is 12.4. The Morgan fingerprint density at radius 3 is 2.95 bits per heavy atom. The topological polar surface area (TPSA) is 42.3 Å². The van der Waals surface area contributed by atoms with Crippen molar-refractivity contribution < 1.29 is 4.79 Å². The van der Waals surface area contributed by atoms with Crippen LogP contribution in [0.1, 0.15) is 19.0 Å². The molecule has 112 valence electrons. The van der Waals surface area contributed by atoms with Gasteiger partial charge in [-0.3, -0.25) is 14.8 Å². The van der Waals surface area contributed by atoms with Gasteiger partial charge < -0.3 is 0 Å². The number of pyridine rings is 1. The summed E-state index contributed by atoms with van der Waals surface area (Å²) in [5.74, 6) is -0.0313. The largest absolute Gasteiger partial charge is 0.297 e. The van der Waals surface area contributed by atoms with Crippen molar-refractivity contribution in [3.8, 4) is 0 Å². The lowest BCUT2D eigenvalue weighted by Gasteiger charge is -2.10. The molecule has 0 bridgehead atoms. The molecule has 3 nitrogen and oxygen atoms in total. The smallest absolute Gasteiger partial charge is 0.166 e. The van der Waals surface area contributed by atoms with Gasteiger partial charge in [-0.25, -0.2) is 0 Å². The SMILES string of the molecule is C/C(Cl)=C/CC1N=CC(Cc2nccc3ccccc23)C1=O. The summed E-state index contributed by atoms with van der Waals surface area (Å²) in [5.41, 5.74) is 0.951. The highest BCUT2D eigenvalue weighted by Gasteiger charge is 2.30. The van der Waals surface area contributed by atoms with Crippen LogP contribution in [0.25, 0.3) is 10.8 Å². The van der Waals surface area contributed by atoms with Gasteiger partial charge in [0.2, 0.25) is 0 Å². The van der Waals surface area contributed by atoms with E-state index in [1.165, 1.54) is 0 Å². The highest BCUT2D eigenvalue weighted by Crippen LogP contribution is 2.23. The third kappa shape index (κ3) is 3.09. The molecule has 1 aromatic carbocycles. The van der Waals surface area contributed by atoms with E-state index in [0.717, 1.165) is 16.5 Å². The Morgan fingerprint density at radius 1 is 1.32 bits per heavy atom. The minimum Gasteiger partial charge on any atom is -0.297 e. The minimum atomic E-state index is -0.298. The molecule has 3 rings (SSSR count). The van der Waals surface area contributed by atoms with Crippen molar-refractivity contribution in [2.75, 3.05) is 0 Å². The predicted molar refractivity (Wildman–Crippen MR) is 90.5 cm³/mol. The van der Waals surface area contributed by atoms with Gasteiger partial charge in [0.15, 0.2) is 5.78 Å². The van der Waals surface area contributed by atoms with Crippen LogP contribution in [-0.2, 0) is 11.2 Å². The van der Waals surface area contributed by atoms with E-state index in [1.54, 1.807) is 12.4 Å². The molecular weight excluding hydrogens is 296 g/mol. The van der Waals surface area contributed by atoms with Gasteiger partial charge in [-0.2, -0.15) is 0 Å². The average Bonchev–Trinajstić information content (AvgIpc) is 2.86. The zero-order chi connectivity index (χ0) is 15.5. The number of hydrogen-bond donors (Lipinski definition) is 0. The summed E-state index contributed by atoms with van der Waals surface area (Å²) < 4.78 is 0. The van der Waals surface area contributed by atoms with Crippen molar-refractivity contribution in [1.29, 1.82) is 0 Å². The highest BCUT2D eigenvalue weighted by atomic mass is 35.5. The number of Topliss-reactive ketones (excluding diaryl/α,β-unsaturated/α-hetero) is 1. The number of hydrogen-bond acceptors (Lipinski definition) is 3. The van der Waals surface area contributed by atoms with Crippen LogP contribution in [0.5, 0.6) is 0 Å². The monoisotopic (exact) mass is 312 g/mol. The van der Waals surface area contributed by atoms with Gasteiger partial charge in [0, 0.05) is 34.9 Å². The lowest BCUT2D eigenvalue weighted by Crippen LogP contribution is -2.22. The predicted octanol–water partition coefficient (Wildman–Crippen LogP) is 3.95. The van der Waals surface area contributed by atoms with E-state index in [1.807, 2.05) is 37.3 Å². The number of aliphatic imine (C=N–C) groups is 1. The summed E-state index contributed by atoms with van der Waals surface area (Å²) >= 11 is 5.82. The normalized spacial score (nSPS) is 21.7. The number of halogens is 1. The second kappa shape index (κ2) is 6.41. The molecule has 2 heterocycles. The summed E-state index contributed by atoms with van der Waals surface area (Å²) in [6, 6.07) is 9.79. The zero-order valence-electron chi connectivity index (χ0n) is 12.4. The molecule has 4 heteroatoms. The van der Waals surface area contributed by atoms with Crippen LogP contribution in [0.4, 0.5) is 0 Å². The summed E-state index contributed by atoms with van der Waals surface area (Å²) in [5, 5.41) is 2.94. The zero-order valence-corrected chi connectivity index (χ0v) is 13.1. The van der Waals surface area contributed by atoms with Gasteiger partial charge in [-0.15, -0.1) is 0 Å². The Morgan fingerprint density at radius 2 is 2.14 bits per heavy atom. The second-order valence-corrected chi connectivity index (χ2v) is 6.13. The van der Waals surface area contributed by atoms with Crippen LogP contribution >= 0.6 is 11.6 Å². The summed E-state index contributed by atoms with van der Waals surface area (Å²) in [4.78, 5) is 21.2. The average molecular weight is 313 g/mol. The van der Waals surface area contributed by atoms with Gasteiger partial charge in [0.25, 0.3) is 0 Å². The molecule has 0 aliphatic carbocycles. The fraction of sp³-hybridized carbons (Fsp3) is 0.278. The molecular formula is C18H17ClN2O. The third-order valence-electron chi connectivity index (χ3n) is 3.93. The number of carbonyl (C=O) groups excluding carboxylic acids is 1. The number of nitrogens with zero attached hydrogens (tertiary/aromatic N) is 2. The van der Waals surface area contributed by atoms with Crippen LogP contribution in [0.15, 0.2) is 52.6 Å². The number of ketones is 1. The Bertz CT molecular complexity index is 757. The molecule has 0 N–H and O–H groups in total. The van der Waals surface area contributed by atoms with E-state index in [9.17, 15) is 4.79 Å². The van der Waals surface area contributed by atoms with Crippen molar-refractivity contribution in [2.45, 2.75) is 25.8 Å². The molecule has 1 aromatic heterocycles. The molecule has 1 aliphatic rings. The third-order valence-corrected chi connectivity index (χ3v) is 4.09. The van der Waals surface area contributed by atoms with E-state index >= 15 is 0 Å². The number of rotatable bonds is 4. The first kappa shape index (κ1) is 14.9. The summed E-state index contributed by atoms with van der Waals surface area (Å²) in [7, 11) is 0. The fourth-order valence-electron chi connectivity index (χ4n) is 2.76. The molecule has 2 unspecified atom stereocenters. The molecule has 2 aromatic rings. The van der Waals surface area contributed by atoms with E-state index in [0.29, 0.717) is 17.9 Å². The van der Waals surface area contributed by atoms with Gasteiger partial charge in [0.05, 0.1) is 5.92 Å². The molecule has 2 atom stereocenters. The molecule has 0 saturated carbocycles. The summed E-state index contributed by atoms with van der Waals surface area (Å²) in [6.45, 7) is 1.81. The molecule has 0 radical (unpaired) electrons. The maximum Gasteiger partial charge on any atom is 0.166 e. The molecule has 0 amide bonds. The number of allylic oxidation sites excluding steroid dienone is 1. The van der Waals surface area contributed by atoms with E-state index < -0.39 is 0 Å². The Kier molecular flexibility index (Phi) is 4.34. The van der Waals surface area contributed by atoms with Crippen molar-refractivity contribution in [3.63, 3.8) is 0 Å². The Balaban J connectivity index is 1.78.